The average Bonchev–Trinajstić information content (AvgIpc) is 3.43. The van der Waals surface area contributed by atoms with Crippen LogP contribution in [0.3, 0.4) is 0 Å². The second-order valence-electron chi connectivity index (χ2n) is 15.7. The SMILES string of the molecule is CC1(C)[C@H]2CC[C@@]3(C)C[C@@]45O[C@@H]4C[C@H]4C(C)(C)[C@@H](O)CC[C@]4(C)[C@@H]5CC[C@@H]3[C@@]2(C)CC[C@@H]1O. The maximum absolute atomic E-state index is 10.9. The number of aliphatic hydroxyl groups is 2. The molecule has 2 N–H and O–H groups in total. The first-order valence-electron chi connectivity index (χ1n) is 14.3. The van der Waals surface area contributed by atoms with E-state index in [-0.39, 0.29) is 34.1 Å². The van der Waals surface area contributed by atoms with Gasteiger partial charge in [0.05, 0.1) is 23.9 Å². The van der Waals surface area contributed by atoms with Crippen LogP contribution in [0.15, 0.2) is 0 Å². The molecule has 1 aliphatic heterocycles. The first-order chi connectivity index (χ1) is 15.2. The van der Waals surface area contributed by atoms with Crippen LogP contribution in [0.1, 0.15) is 113 Å². The summed E-state index contributed by atoms with van der Waals surface area (Å²) in [5.41, 5.74) is 1.05. The molecule has 3 nitrogen and oxygen atoms in total. The summed E-state index contributed by atoms with van der Waals surface area (Å²) in [5.74, 6) is 2.53. The van der Waals surface area contributed by atoms with Gasteiger partial charge in [0.1, 0.15) is 0 Å². The van der Waals surface area contributed by atoms with Crippen molar-refractivity contribution < 1.29 is 14.9 Å². The fourth-order valence-electron chi connectivity index (χ4n) is 12.0. The molecule has 0 aromatic heterocycles. The molecule has 6 aliphatic rings. The van der Waals surface area contributed by atoms with E-state index in [0.717, 1.165) is 31.6 Å². The van der Waals surface area contributed by atoms with E-state index in [2.05, 4.69) is 48.5 Å². The van der Waals surface area contributed by atoms with E-state index in [4.69, 9.17) is 4.74 Å². The lowest BCUT2D eigenvalue weighted by molar-refractivity contribution is -0.173. The third kappa shape index (κ3) is 2.74. The minimum Gasteiger partial charge on any atom is -0.393 e. The van der Waals surface area contributed by atoms with Crippen molar-refractivity contribution in [3.63, 3.8) is 0 Å². The van der Waals surface area contributed by atoms with Gasteiger partial charge in [-0.2, -0.15) is 0 Å². The smallest absolute Gasteiger partial charge is 0.0987 e. The Bertz CT molecular complexity index is 816. The normalized spacial score (nSPS) is 60.8. The van der Waals surface area contributed by atoms with E-state index >= 15 is 0 Å². The highest BCUT2D eigenvalue weighted by Gasteiger charge is 2.76. The largest absolute Gasteiger partial charge is 0.393 e. The lowest BCUT2D eigenvalue weighted by Crippen LogP contribution is -2.59. The number of rotatable bonds is 0. The van der Waals surface area contributed by atoms with E-state index in [0.29, 0.717) is 34.7 Å². The van der Waals surface area contributed by atoms with E-state index in [1.807, 2.05) is 0 Å². The van der Waals surface area contributed by atoms with Gasteiger partial charge in [-0.15, -0.1) is 0 Å². The minimum absolute atomic E-state index is 0.0188. The van der Waals surface area contributed by atoms with Gasteiger partial charge in [-0.25, -0.2) is 0 Å². The summed E-state index contributed by atoms with van der Waals surface area (Å²) in [6.07, 6.45) is 11.9. The summed E-state index contributed by atoms with van der Waals surface area (Å²) in [4.78, 5) is 0. The number of aliphatic hydroxyl groups excluding tert-OH is 2. The van der Waals surface area contributed by atoms with Crippen molar-refractivity contribution in [2.75, 3.05) is 0 Å². The molecule has 1 saturated heterocycles. The summed E-state index contributed by atoms with van der Waals surface area (Å²) in [5, 5.41) is 21.8. The highest BCUT2D eigenvalue weighted by Crippen LogP contribution is 2.76. The summed E-state index contributed by atoms with van der Waals surface area (Å²) >= 11 is 0. The number of hydrogen-bond donors (Lipinski definition) is 2. The lowest BCUT2D eigenvalue weighted by atomic mass is 9.41. The molecule has 0 amide bonds. The summed E-state index contributed by atoms with van der Waals surface area (Å²) in [6, 6.07) is 0. The van der Waals surface area contributed by atoms with Crippen molar-refractivity contribution in [3.05, 3.63) is 0 Å². The molecule has 33 heavy (non-hydrogen) atoms. The van der Waals surface area contributed by atoms with Gasteiger partial charge in [0.15, 0.2) is 0 Å². The standard InChI is InChI=1S/C30H50O3/c1-25(2)18-10-13-27(5)17-30-20(9-8-19(27)28(18,6)14-11-22(25)31)29(7)15-12-23(32)26(3,4)21(29)16-24(30)33-30/h18-24,31-32H,8-17H2,1-7H3/t18-,19+,20+,21+,22+,23+,24-,27+,28+,29-,30+/m1/s1. The molecule has 3 heteroatoms. The van der Waals surface area contributed by atoms with Gasteiger partial charge in [0.25, 0.3) is 0 Å². The van der Waals surface area contributed by atoms with E-state index in [1.54, 1.807) is 0 Å². The molecular weight excluding hydrogens is 408 g/mol. The number of epoxide rings is 1. The maximum Gasteiger partial charge on any atom is 0.0987 e. The van der Waals surface area contributed by atoms with Crippen LogP contribution in [-0.4, -0.2) is 34.1 Å². The molecule has 188 valence electrons. The Kier molecular flexibility index (Phi) is 4.66. The van der Waals surface area contributed by atoms with Crippen molar-refractivity contribution in [3.8, 4) is 0 Å². The zero-order valence-corrected chi connectivity index (χ0v) is 22.4. The molecule has 11 atom stereocenters. The van der Waals surface area contributed by atoms with Gasteiger partial charge in [-0.3, -0.25) is 0 Å². The Morgan fingerprint density at radius 1 is 0.606 bits per heavy atom. The zero-order valence-electron chi connectivity index (χ0n) is 22.4. The Hall–Kier alpha value is -0.120. The highest BCUT2D eigenvalue weighted by molar-refractivity contribution is 5.24. The molecule has 0 unspecified atom stereocenters. The quantitative estimate of drug-likeness (QED) is 0.416. The third-order valence-electron chi connectivity index (χ3n) is 13.8. The van der Waals surface area contributed by atoms with Crippen LogP contribution >= 0.6 is 0 Å². The minimum atomic E-state index is -0.178. The topological polar surface area (TPSA) is 53.0 Å². The number of hydrogen-bond acceptors (Lipinski definition) is 3. The van der Waals surface area contributed by atoms with Crippen molar-refractivity contribution in [1.82, 2.24) is 0 Å². The van der Waals surface area contributed by atoms with Crippen LogP contribution in [0, 0.1) is 50.7 Å². The molecule has 0 radical (unpaired) electrons. The second kappa shape index (κ2) is 6.60. The van der Waals surface area contributed by atoms with Gasteiger partial charge in [-0.1, -0.05) is 48.5 Å². The fraction of sp³-hybridized carbons (Fsp3) is 1.00. The first-order valence-corrected chi connectivity index (χ1v) is 14.3. The van der Waals surface area contributed by atoms with Crippen LogP contribution in [0.25, 0.3) is 0 Å². The van der Waals surface area contributed by atoms with Crippen molar-refractivity contribution in [1.29, 1.82) is 0 Å². The van der Waals surface area contributed by atoms with E-state index in [1.165, 1.54) is 38.5 Å². The Labute approximate surface area is 202 Å². The molecule has 6 fully saturated rings. The van der Waals surface area contributed by atoms with Gasteiger partial charge in [-0.05, 0) is 115 Å². The number of ether oxygens (including phenoxy) is 1. The Morgan fingerprint density at radius 2 is 1.15 bits per heavy atom. The van der Waals surface area contributed by atoms with Crippen LogP contribution in [0.4, 0.5) is 0 Å². The van der Waals surface area contributed by atoms with Crippen molar-refractivity contribution in [2.45, 2.75) is 137 Å². The Morgan fingerprint density at radius 3 is 1.79 bits per heavy atom. The summed E-state index contributed by atoms with van der Waals surface area (Å²) in [6.45, 7) is 17.2. The molecule has 0 aromatic carbocycles. The van der Waals surface area contributed by atoms with Crippen molar-refractivity contribution >= 4 is 0 Å². The first kappa shape index (κ1) is 23.3. The molecule has 1 spiro atoms. The summed E-state index contributed by atoms with van der Waals surface area (Å²) < 4.78 is 6.85. The second-order valence-corrected chi connectivity index (χ2v) is 15.7. The predicted molar refractivity (Wildman–Crippen MR) is 132 cm³/mol. The molecular formula is C30H50O3. The predicted octanol–water partition coefficient (Wildman–Crippen LogP) is 6.35. The van der Waals surface area contributed by atoms with Crippen LogP contribution < -0.4 is 0 Å². The van der Waals surface area contributed by atoms with Crippen LogP contribution in [0.2, 0.25) is 0 Å². The lowest BCUT2D eigenvalue weighted by Gasteiger charge is -2.63. The van der Waals surface area contributed by atoms with E-state index in [9.17, 15) is 10.2 Å². The van der Waals surface area contributed by atoms with E-state index < -0.39 is 0 Å². The zero-order chi connectivity index (χ0) is 23.8. The fourth-order valence-corrected chi connectivity index (χ4v) is 12.0. The van der Waals surface area contributed by atoms with Crippen LogP contribution in [-0.2, 0) is 4.74 Å². The van der Waals surface area contributed by atoms with Gasteiger partial charge in [0, 0.05) is 0 Å². The monoisotopic (exact) mass is 458 g/mol. The number of fused-ring (bicyclic) bond motifs is 5. The Balaban J connectivity index is 1.38. The maximum atomic E-state index is 10.9. The van der Waals surface area contributed by atoms with Crippen molar-refractivity contribution in [2.24, 2.45) is 50.7 Å². The molecule has 5 aliphatic carbocycles. The third-order valence-corrected chi connectivity index (χ3v) is 13.8. The van der Waals surface area contributed by atoms with Gasteiger partial charge < -0.3 is 14.9 Å². The average molecular weight is 459 g/mol. The van der Waals surface area contributed by atoms with Gasteiger partial charge >= 0.3 is 0 Å². The molecule has 0 aromatic rings. The van der Waals surface area contributed by atoms with Crippen LogP contribution in [0.5, 0.6) is 0 Å². The molecule has 5 saturated carbocycles. The highest BCUT2D eigenvalue weighted by atomic mass is 16.6. The molecule has 0 bridgehead atoms. The molecule has 6 rings (SSSR count). The molecule has 1 heterocycles. The summed E-state index contributed by atoms with van der Waals surface area (Å²) in [7, 11) is 0. The van der Waals surface area contributed by atoms with Gasteiger partial charge in [0.2, 0.25) is 0 Å².